The number of amides is 1. The molecule has 1 aromatic heterocycles. The van der Waals surface area contributed by atoms with Crippen molar-refractivity contribution in [1.29, 1.82) is 0 Å². The molecule has 2 aromatic carbocycles. The van der Waals surface area contributed by atoms with Gasteiger partial charge in [-0.2, -0.15) is 0 Å². The molecule has 1 saturated heterocycles. The average molecular weight is 404 g/mol. The molecule has 2 heterocycles. The number of hydrogen-bond acceptors (Lipinski definition) is 2. The van der Waals surface area contributed by atoms with Gasteiger partial charge in [-0.3, -0.25) is 9.69 Å². The van der Waals surface area contributed by atoms with Gasteiger partial charge in [0.2, 0.25) is 5.91 Å². The summed E-state index contributed by atoms with van der Waals surface area (Å²) in [6.45, 7) is 6.24. The largest absolute Gasteiger partial charge is 0.356 e. The molecular formula is C26H33N3O. The minimum Gasteiger partial charge on any atom is -0.356 e. The number of benzene rings is 2. The van der Waals surface area contributed by atoms with E-state index in [1.165, 1.54) is 34.9 Å². The van der Waals surface area contributed by atoms with E-state index in [1.807, 2.05) is 7.05 Å². The Morgan fingerprint density at radius 1 is 1.10 bits per heavy atom. The van der Waals surface area contributed by atoms with E-state index < -0.39 is 0 Å². The Labute approximate surface area is 179 Å². The van der Waals surface area contributed by atoms with Gasteiger partial charge in [-0.15, -0.1) is 0 Å². The molecule has 0 aliphatic carbocycles. The van der Waals surface area contributed by atoms with Crippen LogP contribution in [0.4, 0.5) is 0 Å². The van der Waals surface area contributed by atoms with Crippen LogP contribution in [0.3, 0.4) is 0 Å². The van der Waals surface area contributed by atoms with Crippen LogP contribution in [0, 0.1) is 12.8 Å². The van der Waals surface area contributed by atoms with E-state index in [9.17, 15) is 4.79 Å². The van der Waals surface area contributed by atoms with Gasteiger partial charge in [-0.1, -0.05) is 42.0 Å². The van der Waals surface area contributed by atoms with E-state index in [4.69, 9.17) is 0 Å². The molecule has 3 aromatic rings. The third kappa shape index (κ3) is 5.11. The fraction of sp³-hybridized carbons (Fsp3) is 0.423. The molecule has 0 radical (unpaired) electrons. The zero-order valence-electron chi connectivity index (χ0n) is 18.2. The first-order valence-corrected chi connectivity index (χ1v) is 11.2. The summed E-state index contributed by atoms with van der Waals surface area (Å²) >= 11 is 0. The molecule has 1 amide bonds. The molecule has 1 fully saturated rings. The lowest BCUT2D eigenvalue weighted by Crippen LogP contribution is -2.35. The van der Waals surface area contributed by atoms with Crippen LogP contribution >= 0.6 is 0 Å². The smallest absolute Gasteiger partial charge is 0.224 e. The summed E-state index contributed by atoms with van der Waals surface area (Å²) in [5.41, 5.74) is 4.93. The van der Waals surface area contributed by atoms with Crippen LogP contribution in [-0.2, 0) is 24.8 Å². The highest BCUT2D eigenvalue weighted by Crippen LogP contribution is 2.23. The molecule has 1 aliphatic heterocycles. The second-order valence-corrected chi connectivity index (χ2v) is 8.81. The highest BCUT2D eigenvalue weighted by molar-refractivity contribution is 5.89. The normalized spacial score (nSPS) is 15.5. The van der Waals surface area contributed by atoms with Crippen LogP contribution in [0.2, 0.25) is 0 Å². The van der Waals surface area contributed by atoms with E-state index in [0.29, 0.717) is 6.42 Å². The van der Waals surface area contributed by atoms with Gasteiger partial charge in [0.15, 0.2) is 0 Å². The number of aryl methyl sites for hydroxylation is 2. The minimum atomic E-state index is 0.130. The lowest BCUT2D eigenvalue weighted by Gasteiger charge is -2.32. The number of carbonyl (C=O) groups is 1. The van der Waals surface area contributed by atoms with Gasteiger partial charge in [0.25, 0.3) is 0 Å². The Morgan fingerprint density at radius 3 is 2.63 bits per heavy atom. The van der Waals surface area contributed by atoms with Gasteiger partial charge in [-0.25, -0.2) is 0 Å². The number of piperidine rings is 1. The molecule has 4 rings (SSSR count). The number of fused-ring (bicyclic) bond motifs is 1. The Hall–Kier alpha value is -2.59. The van der Waals surface area contributed by atoms with E-state index in [-0.39, 0.29) is 5.91 Å². The van der Waals surface area contributed by atoms with Crippen molar-refractivity contribution in [3.8, 4) is 0 Å². The number of hydrogen-bond donors (Lipinski definition) is 1. The third-order valence-corrected chi connectivity index (χ3v) is 6.41. The molecule has 4 nitrogen and oxygen atoms in total. The van der Waals surface area contributed by atoms with Crippen LogP contribution in [-0.4, -0.2) is 35.0 Å². The zero-order chi connectivity index (χ0) is 20.9. The number of nitrogens with zero attached hydrogens (tertiary/aromatic N) is 2. The molecule has 0 unspecified atom stereocenters. The number of carbonyl (C=O) groups excluding carboxylic acids is 1. The SMILES string of the molecule is Cc1ccc2c(c1)c(CC(=O)NCCC1CCN(Cc3ccccc3)CC1)cn2C. The molecule has 0 spiro atoms. The predicted octanol–water partition coefficient (Wildman–Crippen LogP) is 4.45. The van der Waals surface area contributed by atoms with E-state index in [1.54, 1.807) is 0 Å². The number of likely N-dealkylation sites (tertiary alicyclic amines) is 1. The first-order chi connectivity index (χ1) is 14.6. The summed E-state index contributed by atoms with van der Waals surface area (Å²) in [7, 11) is 2.04. The van der Waals surface area contributed by atoms with Crippen molar-refractivity contribution in [2.75, 3.05) is 19.6 Å². The quantitative estimate of drug-likeness (QED) is 0.633. The summed E-state index contributed by atoms with van der Waals surface area (Å²) < 4.78 is 2.11. The van der Waals surface area contributed by atoms with E-state index >= 15 is 0 Å². The molecule has 4 heteroatoms. The highest BCUT2D eigenvalue weighted by Gasteiger charge is 2.19. The predicted molar refractivity (Wildman–Crippen MR) is 123 cm³/mol. The Morgan fingerprint density at radius 2 is 1.87 bits per heavy atom. The van der Waals surface area contributed by atoms with Gasteiger partial charge in [0.1, 0.15) is 0 Å². The maximum absolute atomic E-state index is 12.5. The monoisotopic (exact) mass is 403 g/mol. The third-order valence-electron chi connectivity index (χ3n) is 6.41. The Balaban J connectivity index is 1.20. The Bertz CT molecular complexity index is 984. The van der Waals surface area contributed by atoms with E-state index in [2.05, 4.69) is 76.4 Å². The summed E-state index contributed by atoms with van der Waals surface area (Å²) in [5, 5.41) is 4.35. The maximum atomic E-state index is 12.5. The lowest BCUT2D eigenvalue weighted by molar-refractivity contribution is -0.120. The number of nitrogens with one attached hydrogen (secondary N) is 1. The van der Waals surface area contributed by atoms with Crippen molar-refractivity contribution in [1.82, 2.24) is 14.8 Å². The maximum Gasteiger partial charge on any atom is 0.224 e. The number of rotatable bonds is 7. The van der Waals surface area contributed by atoms with Crippen LogP contribution in [0.15, 0.2) is 54.7 Å². The van der Waals surface area contributed by atoms with Gasteiger partial charge in [-0.05, 0) is 68.5 Å². The summed E-state index contributed by atoms with van der Waals surface area (Å²) in [6.07, 6.45) is 6.08. The molecule has 0 saturated carbocycles. The van der Waals surface area contributed by atoms with Crippen LogP contribution < -0.4 is 5.32 Å². The van der Waals surface area contributed by atoms with Gasteiger partial charge in [0.05, 0.1) is 6.42 Å². The van der Waals surface area contributed by atoms with Gasteiger partial charge >= 0.3 is 0 Å². The topological polar surface area (TPSA) is 37.3 Å². The first-order valence-electron chi connectivity index (χ1n) is 11.2. The summed E-state index contributed by atoms with van der Waals surface area (Å²) in [6, 6.07) is 17.2. The lowest BCUT2D eigenvalue weighted by atomic mass is 9.93. The van der Waals surface area contributed by atoms with Crippen LogP contribution in [0.25, 0.3) is 10.9 Å². The molecule has 0 atom stereocenters. The van der Waals surface area contributed by atoms with Crippen molar-refractivity contribution >= 4 is 16.8 Å². The molecular weight excluding hydrogens is 370 g/mol. The highest BCUT2D eigenvalue weighted by atomic mass is 16.1. The van der Waals surface area contributed by atoms with Crippen LogP contribution in [0.1, 0.15) is 36.0 Å². The minimum absolute atomic E-state index is 0.130. The standard InChI is InChI=1S/C26H33N3O/c1-20-8-9-25-24(16-20)23(19-28(25)2)17-26(30)27-13-10-21-11-14-29(15-12-21)18-22-6-4-3-5-7-22/h3-9,16,19,21H,10-15,17-18H2,1-2H3,(H,27,30). The summed E-state index contributed by atoms with van der Waals surface area (Å²) in [4.78, 5) is 15.1. The van der Waals surface area contributed by atoms with Crippen molar-refractivity contribution in [2.45, 2.75) is 39.2 Å². The fourth-order valence-electron chi connectivity index (χ4n) is 4.65. The van der Waals surface area contributed by atoms with Crippen molar-refractivity contribution in [3.63, 3.8) is 0 Å². The molecule has 0 bridgehead atoms. The van der Waals surface area contributed by atoms with E-state index in [0.717, 1.165) is 44.1 Å². The zero-order valence-corrected chi connectivity index (χ0v) is 18.2. The average Bonchev–Trinajstić information content (AvgIpc) is 3.04. The van der Waals surface area contributed by atoms with Gasteiger partial charge in [0, 0.05) is 37.2 Å². The van der Waals surface area contributed by atoms with Gasteiger partial charge < -0.3 is 9.88 Å². The second kappa shape index (κ2) is 9.48. The Kier molecular flexibility index (Phi) is 6.53. The molecule has 158 valence electrons. The molecule has 30 heavy (non-hydrogen) atoms. The van der Waals surface area contributed by atoms with Crippen molar-refractivity contribution in [2.24, 2.45) is 13.0 Å². The fourth-order valence-corrected chi connectivity index (χ4v) is 4.65. The van der Waals surface area contributed by atoms with Crippen molar-refractivity contribution in [3.05, 3.63) is 71.4 Å². The van der Waals surface area contributed by atoms with Crippen molar-refractivity contribution < 1.29 is 4.79 Å². The summed E-state index contributed by atoms with van der Waals surface area (Å²) in [5.74, 6) is 0.850. The molecule has 1 N–H and O–H groups in total. The molecule has 1 aliphatic rings. The number of aromatic nitrogens is 1. The second-order valence-electron chi connectivity index (χ2n) is 8.81. The van der Waals surface area contributed by atoms with Crippen LogP contribution in [0.5, 0.6) is 0 Å². The first kappa shape index (κ1) is 20.7.